The molecule has 1 N–H and O–H groups in total. The van der Waals surface area contributed by atoms with Crippen molar-refractivity contribution >= 4 is 17.2 Å². The third kappa shape index (κ3) is 4.50. The summed E-state index contributed by atoms with van der Waals surface area (Å²) in [5, 5.41) is 5.77. The van der Waals surface area contributed by atoms with Crippen molar-refractivity contribution in [3.63, 3.8) is 0 Å². The number of hydrogen-bond acceptors (Lipinski definition) is 4. The van der Waals surface area contributed by atoms with Gasteiger partial charge in [0.2, 0.25) is 5.91 Å². The molecular weight excluding hydrogens is 377 g/mol. The fourth-order valence-corrected chi connectivity index (χ4v) is 4.11. The minimum Gasteiger partial charge on any atom is -0.381 e. The van der Waals surface area contributed by atoms with E-state index in [-0.39, 0.29) is 5.91 Å². The van der Waals surface area contributed by atoms with Crippen molar-refractivity contribution in [1.29, 1.82) is 0 Å². The predicted octanol–water partition coefficient (Wildman–Crippen LogP) is 3.88. The van der Waals surface area contributed by atoms with Gasteiger partial charge in [0.05, 0.1) is 16.0 Å². The van der Waals surface area contributed by atoms with E-state index >= 15 is 0 Å². The van der Waals surface area contributed by atoms with E-state index in [0.29, 0.717) is 44.6 Å². The molecule has 3 rings (SSSR count). The summed E-state index contributed by atoms with van der Waals surface area (Å²) in [4.78, 5) is 17.4. The first-order chi connectivity index (χ1) is 12.8. The summed E-state index contributed by atoms with van der Waals surface area (Å²) in [6.07, 6.45) is -3.13. The number of thiazole rings is 1. The van der Waals surface area contributed by atoms with Crippen LogP contribution in [0.1, 0.15) is 34.7 Å². The van der Waals surface area contributed by atoms with Gasteiger partial charge in [-0.3, -0.25) is 4.79 Å². The maximum Gasteiger partial charge on any atom is 0.416 e. The van der Waals surface area contributed by atoms with Crippen LogP contribution >= 0.6 is 11.3 Å². The monoisotopic (exact) mass is 398 g/mol. The Morgan fingerprint density at radius 2 is 2.07 bits per heavy atom. The zero-order chi connectivity index (χ0) is 19.5. The van der Waals surface area contributed by atoms with Crippen LogP contribution in [-0.2, 0) is 27.5 Å². The first-order valence-electron chi connectivity index (χ1n) is 8.76. The molecule has 0 atom stereocenters. The lowest BCUT2D eigenvalue weighted by molar-refractivity contribution is -0.138. The number of alkyl halides is 3. The highest BCUT2D eigenvalue weighted by Gasteiger charge is 2.42. The number of aryl methyl sites for hydroxylation is 1. The summed E-state index contributed by atoms with van der Waals surface area (Å²) in [5.41, 5.74) is -0.412. The molecule has 146 valence electrons. The molecule has 0 bridgehead atoms. The Labute approximate surface area is 159 Å². The zero-order valence-electron chi connectivity index (χ0n) is 14.9. The summed E-state index contributed by atoms with van der Waals surface area (Å²) in [5.74, 6) is -0.251. The van der Waals surface area contributed by atoms with E-state index in [1.165, 1.54) is 17.4 Å². The quantitative estimate of drug-likeness (QED) is 0.832. The fraction of sp³-hybridized carbons (Fsp3) is 0.474. The van der Waals surface area contributed by atoms with Crippen LogP contribution < -0.4 is 5.32 Å². The molecule has 0 unspecified atom stereocenters. The lowest BCUT2D eigenvalue weighted by Gasteiger charge is -2.36. The topological polar surface area (TPSA) is 51.2 Å². The number of benzene rings is 1. The van der Waals surface area contributed by atoms with E-state index in [0.717, 1.165) is 22.8 Å². The Balaban J connectivity index is 1.79. The summed E-state index contributed by atoms with van der Waals surface area (Å²) in [6.45, 7) is 2.99. The molecular formula is C19H21F3N2O2S. The molecule has 0 radical (unpaired) electrons. The van der Waals surface area contributed by atoms with Crippen LogP contribution in [0.3, 0.4) is 0 Å². The lowest BCUT2D eigenvalue weighted by atomic mass is 9.73. The van der Waals surface area contributed by atoms with Gasteiger partial charge in [0.25, 0.3) is 0 Å². The van der Waals surface area contributed by atoms with Crippen molar-refractivity contribution in [2.75, 3.05) is 19.8 Å². The Hall–Kier alpha value is -1.93. The Morgan fingerprint density at radius 1 is 1.33 bits per heavy atom. The number of hydrogen-bond donors (Lipinski definition) is 1. The minimum absolute atomic E-state index is 0.251. The second kappa shape index (κ2) is 7.98. The maximum atomic E-state index is 13.1. The van der Waals surface area contributed by atoms with Crippen molar-refractivity contribution < 1.29 is 22.7 Å². The summed E-state index contributed by atoms with van der Waals surface area (Å²) >= 11 is 1.53. The number of ether oxygens (including phenoxy) is 1. The first kappa shape index (κ1) is 19.8. The molecule has 0 aliphatic carbocycles. The Bertz CT molecular complexity index is 798. The normalized spacial score (nSPS) is 16.9. The Morgan fingerprint density at radius 3 is 2.70 bits per heavy atom. The molecule has 1 aliphatic heterocycles. The predicted molar refractivity (Wildman–Crippen MR) is 96.7 cm³/mol. The minimum atomic E-state index is -4.44. The number of carbonyl (C=O) groups is 1. The molecule has 1 saturated heterocycles. The highest BCUT2D eigenvalue weighted by molar-refractivity contribution is 7.09. The second-order valence-corrected chi connectivity index (χ2v) is 7.60. The van der Waals surface area contributed by atoms with Gasteiger partial charge >= 0.3 is 6.18 Å². The summed E-state index contributed by atoms with van der Waals surface area (Å²) < 4.78 is 44.7. The third-order valence-electron chi connectivity index (χ3n) is 4.81. The van der Waals surface area contributed by atoms with Gasteiger partial charge in [0.15, 0.2) is 0 Å². The molecule has 8 heteroatoms. The number of nitrogens with zero attached hydrogens (tertiary/aromatic N) is 1. The van der Waals surface area contributed by atoms with Crippen molar-refractivity contribution in [1.82, 2.24) is 10.3 Å². The van der Waals surface area contributed by atoms with Crippen molar-refractivity contribution in [2.24, 2.45) is 0 Å². The zero-order valence-corrected chi connectivity index (χ0v) is 15.8. The molecule has 1 aromatic heterocycles. The standard InChI is InChI=1S/C19H21F3N2O2S/c1-13-12-27-16(24-13)5-8-23-17(25)18(6-9-26-10-7-18)14-3-2-4-15(11-14)19(20,21)22/h2-4,11-12H,5-10H2,1H3,(H,23,25). The number of amides is 1. The Kier molecular flexibility index (Phi) is 5.86. The van der Waals surface area contributed by atoms with E-state index in [1.54, 1.807) is 6.07 Å². The van der Waals surface area contributed by atoms with E-state index in [2.05, 4.69) is 10.3 Å². The van der Waals surface area contributed by atoms with Crippen molar-refractivity contribution in [3.8, 4) is 0 Å². The van der Waals surface area contributed by atoms with Crippen LogP contribution in [-0.4, -0.2) is 30.6 Å². The third-order valence-corrected chi connectivity index (χ3v) is 5.84. The van der Waals surface area contributed by atoms with Gasteiger partial charge in [-0.25, -0.2) is 4.98 Å². The molecule has 2 heterocycles. The molecule has 1 aromatic carbocycles. The molecule has 1 fully saturated rings. The fourth-order valence-electron chi connectivity index (χ4n) is 3.33. The van der Waals surface area contributed by atoms with Gasteiger partial charge in [-0.15, -0.1) is 11.3 Å². The highest BCUT2D eigenvalue weighted by Crippen LogP contribution is 2.38. The average Bonchev–Trinajstić information content (AvgIpc) is 3.07. The van der Waals surface area contributed by atoms with Gasteiger partial charge in [-0.1, -0.05) is 18.2 Å². The molecule has 4 nitrogen and oxygen atoms in total. The SMILES string of the molecule is Cc1csc(CCNC(=O)C2(c3cccc(C(F)(F)F)c3)CCOCC2)n1. The molecule has 1 amide bonds. The van der Waals surface area contributed by atoms with Crippen LogP contribution in [0.15, 0.2) is 29.6 Å². The average molecular weight is 398 g/mol. The maximum absolute atomic E-state index is 13.1. The van der Waals surface area contributed by atoms with Crippen LogP contribution in [0.2, 0.25) is 0 Å². The number of nitrogens with one attached hydrogen (secondary N) is 1. The van der Waals surface area contributed by atoms with E-state index in [1.807, 2.05) is 12.3 Å². The number of carbonyl (C=O) groups excluding carboxylic acids is 1. The number of rotatable bonds is 5. The molecule has 27 heavy (non-hydrogen) atoms. The lowest BCUT2D eigenvalue weighted by Crippen LogP contribution is -2.48. The van der Waals surface area contributed by atoms with Crippen LogP contribution in [0.5, 0.6) is 0 Å². The van der Waals surface area contributed by atoms with Gasteiger partial charge in [-0.2, -0.15) is 13.2 Å². The molecule has 0 saturated carbocycles. The van der Waals surface area contributed by atoms with E-state index in [4.69, 9.17) is 4.74 Å². The molecule has 2 aromatic rings. The molecule has 1 aliphatic rings. The van der Waals surface area contributed by atoms with Gasteiger partial charge < -0.3 is 10.1 Å². The smallest absolute Gasteiger partial charge is 0.381 e. The van der Waals surface area contributed by atoms with Gasteiger partial charge in [0, 0.05) is 37.3 Å². The van der Waals surface area contributed by atoms with Crippen molar-refractivity contribution in [3.05, 3.63) is 51.5 Å². The van der Waals surface area contributed by atoms with Crippen LogP contribution in [0.25, 0.3) is 0 Å². The largest absolute Gasteiger partial charge is 0.416 e. The van der Waals surface area contributed by atoms with Gasteiger partial charge in [-0.05, 0) is 31.4 Å². The summed E-state index contributed by atoms with van der Waals surface area (Å²) in [6, 6.07) is 5.08. The first-order valence-corrected chi connectivity index (χ1v) is 9.64. The number of aromatic nitrogens is 1. The second-order valence-electron chi connectivity index (χ2n) is 6.66. The summed E-state index contributed by atoms with van der Waals surface area (Å²) in [7, 11) is 0. The highest BCUT2D eigenvalue weighted by atomic mass is 32.1. The number of halogens is 3. The van der Waals surface area contributed by atoms with E-state index in [9.17, 15) is 18.0 Å². The van der Waals surface area contributed by atoms with Crippen molar-refractivity contribution in [2.45, 2.75) is 37.8 Å². The van der Waals surface area contributed by atoms with Crippen LogP contribution in [0.4, 0.5) is 13.2 Å². The van der Waals surface area contributed by atoms with Crippen LogP contribution in [0, 0.1) is 6.92 Å². The van der Waals surface area contributed by atoms with Gasteiger partial charge in [0.1, 0.15) is 0 Å². The molecule has 0 spiro atoms. The van der Waals surface area contributed by atoms with E-state index < -0.39 is 17.2 Å².